The van der Waals surface area contributed by atoms with Crippen LogP contribution in [0.4, 0.5) is 0 Å². The fourth-order valence-corrected chi connectivity index (χ4v) is 2.65. The summed E-state index contributed by atoms with van der Waals surface area (Å²) in [7, 11) is 0. The highest BCUT2D eigenvalue weighted by atomic mass is 16.5. The van der Waals surface area contributed by atoms with Crippen molar-refractivity contribution >= 4 is 11.8 Å². The second kappa shape index (κ2) is 17.4. The average Bonchev–Trinajstić information content (AvgIpc) is 2.57. The zero-order valence-corrected chi connectivity index (χ0v) is 15.9. The number of Topliss-reactive ketones (excluding diaryl/α,β-unsaturated/α-hetero) is 1. The lowest BCUT2D eigenvalue weighted by Crippen LogP contribution is -2.20. The van der Waals surface area contributed by atoms with Crippen LogP contribution in [0.2, 0.25) is 0 Å². The van der Waals surface area contributed by atoms with E-state index < -0.39 is 12.1 Å². The van der Waals surface area contributed by atoms with Gasteiger partial charge in [-0.05, 0) is 19.3 Å². The van der Waals surface area contributed by atoms with Crippen molar-refractivity contribution < 1.29 is 19.4 Å². The molecular formula is C21H36O4. The van der Waals surface area contributed by atoms with Crippen molar-refractivity contribution in [2.75, 3.05) is 6.61 Å². The lowest BCUT2D eigenvalue weighted by Gasteiger charge is -2.09. The van der Waals surface area contributed by atoms with E-state index in [9.17, 15) is 14.7 Å². The minimum absolute atomic E-state index is 0.0464. The van der Waals surface area contributed by atoms with Crippen LogP contribution in [0, 0.1) is 0 Å². The molecule has 1 N–H and O–H groups in total. The largest absolute Gasteiger partial charge is 0.463 e. The molecule has 4 nitrogen and oxygen atoms in total. The highest BCUT2D eigenvalue weighted by molar-refractivity contribution is 5.78. The molecule has 0 saturated carbocycles. The zero-order chi connectivity index (χ0) is 18.8. The van der Waals surface area contributed by atoms with Gasteiger partial charge in [0.1, 0.15) is 12.4 Å². The second-order valence-corrected chi connectivity index (χ2v) is 6.58. The highest BCUT2D eigenvalue weighted by Crippen LogP contribution is 2.12. The Kier molecular flexibility index (Phi) is 16.4. The molecule has 0 aromatic rings. The lowest BCUT2D eigenvalue weighted by atomic mass is 10.0. The van der Waals surface area contributed by atoms with Crippen LogP contribution in [0.15, 0.2) is 24.8 Å². The summed E-state index contributed by atoms with van der Waals surface area (Å²) >= 11 is 0. The van der Waals surface area contributed by atoms with E-state index >= 15 is 0 Å². The summed E-state index contributed by atoms with van der Waals surface area (Å²) in [5.41, 5.74) is 0. The Hall–Kier alpha value is -1.42. The number of aliphatic hydroxyl groups is 1. The minimum atomic E-state index is -0.872. The van der Waals surface area contributed by atoms with E-state index in [1.165, 1.54) is 51.9 Å². The molecule has 0 fully saturated rings. The molecule has 0 aliphatic heterocycles. The number of allylic oxidation sites excluding steroid dienone is 3. The molecule has 0 aromatic carbocycles. The maximum absolute atomic E-state index is 11.7. The molecule has 0 heterocycles. The first-order valence-electron chi connectivity index (χ1n) is 9.67. The van der Waals surface area contributed by atoms with E-state index in [1.807, 2.05) is 12.2 Å². The molecule has 25 heavy (non-hydrogen) atoms. The first-order chi connectivity index (χ1) is 12.1. The van der Waals surface area contributed by atoms with Gasteiger partial charge >= 0.3 is 5.97 Å². The molecule has 0 rings (SSSR count). The minimum Gasteiger partial charge on any atom is -0.463 e. The molecule has 0 unspecified atom stereocenters. The number of carbonyl (C=O) groups excluding carboxylic acids is 2. The summed E-state index contributed by atoms with van der Waals surface area (Å²) in [4.78, 5) is 22.3. The Labute approximate surface area is 153 Å². The number of carbonyl (C=O) groups is 2. The molecule has 0 aliphatic carbocycles. The van der Waals surface area contributed by atoms with E-state index in [-0.39, 0.29) is 18.8 Å². The Bertz CT molecular complexity index is 387. The van der Waals surface area contributed by atoms with E-state index in [1.54, 1.807) is 0 Å². The summed E-state index contributed by atoms with van der Waals surface area (Å²) in [6.45, 7) is 4.85. The van der Waals surface area contributed by atoms with Crippen molar-refractivity contribution in [1.82, 2.24) is 0 Å². The standard InChI is InChI=1S/C21H36O4/c1-3-4-5-6-7-8-9-10-11-12-13-14-15-16-20(23)17-21(24)18-25-19(2)22/h3-5,21,24H,1,6-18H2,2H3/b5-4+/t21-/m0/s1. The van der Waals surface area contributed by atoms with Gasteiger partial charge < -0.3 is 9.84 Å². The Morgan fingerprint density at radius 2 is 1.56 bits per heavy atom. The molecule has 0 radical (unpaired) electrons. The first kappa shape index (κ1) is 23.6. The molecule has 0 spiro atoms. The number of esters is 1. The van der Waals surface area contributed by atoms with Gasteiger partial charge in [0.15, 0.2) is 0 Å². The highest BCUT2D eigenvalue weighted by Gasteiger charge is 2.11. The second-order valence-electron chi connectivity index (χ2n) is 6.58. The van der Waals surface area contributed by atoms with Gasteiger partial charge in [-0.15, -0.1) is 0 Å². The maximum Gasteiger partial charge on any atom is 0.302 e. The van der Waals surface area contributed by atoms with Crippen LogP contribution in [0.25, 0.3) is 0 Å². The third-order valence-corrected chi connectivity index (χ3v) is 4.04. The van der Waals surface area contributed by atoms with Gasteiger partial charge in [-0.3, -0.25) is 9.59 Å². The van der Waals surface area contributed by atoms with Crippen LogP contribution >= 0.6 is 0 Å². The molecule has 144 valence electrons. The Balaban J connectivity index is 3.32. The van der Waals surface area contributed by atoms with E-state index in [2.05, 4.69) is 17.4 Å². The van der Waals surface area contributed by atoms with Gasteiger partial charge in [0, 0.05) is 19.8 Å². The van der Waals surface area contributed by atoms with Crippen molar-refractivity contribution in [2.24, 2.45) is 0 Å². The SMILES string of the molecule is C=C/C=C/CCCCCCCCCCCC(=O)C[C@H](O)COC(C)=O. The van der Waals surface area contributed by atoms with Crippen LogP contribution in [0.5, 0.6) is 0 Å². The van der Waals surface area contributed by atoms with Gasteiger partial charge in [-0.2, -0.15) is 0 Å². The summed E-state index contributed by atoms with van der Waals surface area (Å²) < 4.78 is 4.68. The first-order valence-corrected chi connectivity index (χ1v) is 9.67. The van der Waals surface area contributed by atoms with Crippen LogP contribution in [-0.4, -0.2) is 29.6 Å². The number of aliphatic hydroxyl groups excluding tert-OH is 1. The molecule has 0 aliphatic rings. The predicted molar refractivity (Wildman–Crippen MR) is 102 cm³/mol. The van der Waals surface area contributed by atoms with Gasteiger partial charge in [0.25, 0.3) is 0 Å². The number of hydrogen-bond donors (Lipinski definition) is 1. The Morgan fingerprint density at radius 3 is 2.12 bits per heavy atom. The zero-order valence-electron chi connectivity index (χ0n) is 15.9. The smallest absolute Gasteiger partial charge is 0.302 e. The normalized spacial score (nSPS) is 12.2. The van der Waals surface area contributed by atoms with Crippen molar-refractivity contribution in [2.45, 2.75) is 90.1 Å². The molecule has 0 bridgehead atoms. The van der Waals surface area contributed by atoms with E-state index in [4.69, 9.17) is 0 Å². The third-order valence-electron chi connectivity index (χ3n) is 4.04. The monoisotopic (exact) mass is 352 g/mol. The lowest BCUT2D eigenvalue weighted by molar-refractivity contribution is -0.145. The van der Waals surface area contributed by atoms with Crippen LogP contribution in [0.1, 0.15) is 84.0 Å². The summed E-state index contributed by atoms with van der Waals surface area (Å²) in [5, 5.41) is 9.57. The number of unbranched alkanes of at least 4 members (excludes halogenated alkanes) is 9. The van der Waals surface area contributed by atoms with Gasteiger partial charge in [-0.25, -0.2) is 0 Å². The van der Waals surface area contributed by atoms with E-state index in [0.29, 0.717) is 6.42 Å². The molecule has 4 heteroatoms. The van der Waals surface area contributed by atoms with Gasteiger partial charge in [0.05, 0.1) is 6.10 Å². The van der Waals surface area contributed by atoms with Crippen LogP contribution in [0.3, 0.4) is 0 Å². The molecular weight excluding hydrogens is 316 g/mol. The van der Waals surface area contributed by atoms with Crippen molar-refractivity contribution in [3.05, 3.63) is 24.8 Å². The van der Waals surface area contributed by atoms with Crippen LogP contribution < -0.4 is 0 Å². The molecule has 0 aromatic heterocycles. The van der Waals surface area contributed by atoms with Gasteiger partial charge in [-0.1, -0.05) is 69.8 Å². The summed E-state index contributed by atoms with van der Waals surface area (Å²) in [6.07, 6.45) is 17.7. The quantitative estimate of drug-likeness (QED) is 0.230. The van der Waals surface area contributed by atoms with Crippen molar-refractivity contribution in [3.63, 3.8) is 0 Å². The fourth-order valence-electron chi connectivity index (χ4n) is 2.65. The summed E-state index contributed by atoms with van der Waals surface area (Å²) in [6, 6.07) is 0. The summed E-state index contributed by atoms with van der Waals surface area (Å²) in [5.74, 6) is -0.388. The Morgan fingerprint density at radius 1 is 1.00 bits per heavy atom. The maximum atomic E-state index is 11.7. The third kappa shape index (κ3) is 18.8. The molecule has 1 atom stereocenters. The number of hydrogen-bond acceptors (Lipinski definition) is 4. The fraction of sp³-hybridized carbons (Fsp3) is 0.714. The van der Waals surface area contributed by atoms with Crippen molar-refractivity contribution in [1.29, 1.82) is 0 Å². The topological polar surface area (TPSA) is 63.6 Å². The van der Waals surface area contributed by atoms with E-state index in [0.717, 1.165) is 19.3 Å². The molecule has 0 amide bonds. The van der Waals surface area contributed by atoms with Crippen LogP contribution in [-0.2, 0) is 14.3 Å². The average molecular weight is 353 g/mol. The van der Waals surface area contributed by atoms with Crippen molar-refractivity contribution in [3.8, 4) is 0 Å². The predicted octanol–water partition coefficient (Wildman–Crippen LogP) is 4.90. The number of rotatable bonds is 17. The number of ketones is 1. The molecule has 0 saturated heterocycles. The van der Waals surface area contributed by atoms with Gasteiger partial charge in [0.2, 0.25) is 0 Å². The number of ether oxygens (including phenoxy) is 1.